The van der Waals surface area contributed by atoms with Crippen LogP contribution in [-0.2, 0) is 11.3 Å². The summed E-state index contributed by atoms with van der Waals surface area (Å²) in [5.41, 5.74) is 0.976. The van der Waals surface area contributed by atoms with Gasteiger partial charge >= 0.3 is 0 Å². The SMILES string of the molecule is O=S(O)NCCC1CCN(c2ncnc3ccccc23)CC1. The highest BCUT2D eigenvalue weighted by molar-refractivity contribution is 7.77. The fourth-order valence-electron chi connectivity index (χ4n) is 3.03. The maximum Gasteiger partial charge on any atom is 0.231 e. The number of anilines is 1. The number of hydrogen-bond acceptors (Lipinski definition) is 4. The Kier molecular flexibility index (Phi) is 4.97. The lowest BCUT2D eigenvalue weighted by molar-refractivity contribution is 0.380. The van der Waals surface area contributed by atoms with Crippen molar-refractivity contribution in [2.45, 2.75) is 19.3 Å². The van der Waals surface area contributed by atoms with Gasteiger partial charge in [-0.05, 0) is 37.3 Å². The van der Waals surface area contributed by atoms with Crippen molar-refractivity contribution in [3.05, 3.63) is 30.6 Å². The summed E-state index contributed by atoms with van der Waals surface area (Å²) in [5.74, 6) is 1.61. The number of rotatable bonds is 5. The van der Waals surface area contributed by atoms with Crippen molar-refractivity contribution < 1.29 is 8.76 Å². The number of nitrogens with one attached hydrogen (secondary N) is 1. The highest BCUT2D eigenvalue weighted by Gasteiger charge is 2.21. The summed E-state index contributed by atoms with van der Waals surface area (Å²) in [6.45, 7) is 2.52. The second-order valence-electron chi connectivity index (χ2n) is 5.58. The molecule has 1 aromatic heterocycles. The Morgan fingerprint density at radius 3 is 2.82 bits per heavy atom. The number of para-hydroxylation sites is 1. The summed E-state index contributed by atoms with van der Waals surface area (Å²) in [7, 11) is 0. The number of fused-ring (bicyclic) bond motifs is 1. The van der Waals surface area contributed by atoms with Gasteiger partial charge in [-0.3, -0.25) is 4.55 Å². The van der Waals surface area contributed by atoms with Gasteiger partial charge in [-0.15, -0.1) is 0 Å². The van der Waals surface area contributed by atoms with E-state index in [1.807, 2.05) is 18.2 Å². The van der Waals surface area contributed by atoms with Crippen LogP contribution in [0.5, 0.6) is 0 Å². The molecule has 0 spiro atoms. The molecule has 22 heavy (non-hydrogen) atoms. The Morgan fingerprint density at radius 1 is 1.27 bits per heavy atom. The lowest BCUT2D eigenvalue weighted by atomic mass is 9.93. The molecule has 1 aliphatic heterocycles. The van der Waals surface area contributed by atoms with Crippen molar-refractivity contribution in [2.24, 2.45) is 5.92 Å². The molecule has 1 unspecified atom stereocenters. The molecule has 1 aromatic carbocycles. The minimum Gasteiger partial charge on any atom is -0.356 e. The van der Waals surface area contributed by atoms with E-state index in [1.165, 1.54) is 0 Å². The van der Waals surface area contributed by atoms with Gasteiger partial charge in [0, 0.05) is 25.0 Å². The first-order valence-electron chi connectivity index (χ1n) is 7.53. The third-order valence-electron chi connectivity index (χ3n) is 4.21. The lowest BCUT2D eigenvalue weighted by Gasteiger charge is -2.33. The quantitative estimate of drug-likeness (QED) is 0.824. The number of piperidine rings is 1. The van der Waals surface area contributed by atoms with E-state index in [0.717, 1.165) is 49.1 Å². The summed E-state index contributed by atoms with van der Waals surface area (Å²) in [4.78, 5) is 11.1. The molecule has 1 aliphatic rings. The zero-order valence-electron chi connectivity index (χ0n) is 12.3. The number of aromatic nitrogens is 2. The van der Waals surface area contributed by atoms with E-state index in [9.17, 15) is 4.21 Å². The molecule has 1 fully saturated rings. The maximum atomic E-state index is 10.6. The minimum atomic E-state index is -1.90. The molecule has 0 amide bonds. The average Bonchev–Trinajstić information content (AvgIpc) is 2.55. The van der Waals surface area contributed by atoms with Crippen LogP contribution in [-0.4, -0.2) is 38.4 Å². The van der Waals surface area contributed by atoms with Crippen molar-refractivity contribution in [3.8, 4) is 0 Å². The molecule has 2 aromatic rings. The van der Waals surface area contributed by atoms with Crippen LogP contribution in [0.3, 0.4) is 0 Å². The molecule has 1 atom stereocenters. The Labute approximate surface area is 132 Å². The van der Waals surface area contributed by atoms with Crippen molar-refractivity contribution in [3.63, 3.8) is 0 Å². The predicted octanol–water partition coefficient (Wildman–Crippen LogP) is 1.96. The van der Waals surface area contributed by atoms with Gasteiger partial charge in [0.05, 0.1) is 5.52 Å². The van der Waals surface area contributed by atoms with Gasteiger partial charge in [0.15, 0.2) is 0 Å². The molecule has 0 bridgehead atoms. The van der Waals surface area contributed by atoms with E-state index >= 15 is 0 Å². The molecule has 2 heterocycles. The standard InChI is InChI=1S/C15H20N4O2S/c20-22(21)18-8-5-12-6-9-19(10-7-12)15-13-3-1-2-4-14(13)16-11-17-15/h1-4,11-12,18H,5-10H2,(H,20,21). The first-order valence-corrected chi connectivity index (χ1v) is 8.64. The molecular formula is C15H20N4O2S. The normalized spacial score (nSPS) is 17.8. The topological polar surface area (TPSA) is 78.4 Å². The minimum absolute atomic E-state index is 0.588. The summed E-state index contributed by atoms with van der Waals surface area (Å²) in [6.07, 6.45) is 4.73. The Hall–Kier alpha value is -1.57. The van der Waals surface area contributed by atoms with Crippen LogP contribution >= 0.6 is 0 Å². The van der Waals surface area contributed by atoms with E-state index in [-0.39, 0.29) is 0 Å². The van der Waals surface area contributed by atoms with Gasteiger partial charge in [-0.2, -0.15) is 0 Å². The van der Waals surface area contributed by atoms with Crippen LogP contribution in [0, 0.1) is 5.92 Å². The molecule has 118 valence electrons. The third kappa shape index (κ3) is 3.60. The summed E-state index contributed by atoms with van der Waals surface area (Å²) >= 11 is -1.90. The second-order valence-corrected chi connectivity index (χ2v) is 6.36. The third-order valence-corrected chi connectivity index (χ3v) is 4.67. The molecular weight excluding hydrogens is 300 g/mol. The first kappa shape index (κ1) is 15.3. The van der Waals surface area contributed by atoms with Crippen LogP contribution in [0.4, 0.5) is 5.82 Å². The lowest BCUT2D eigenvalue weighted by Crippen LogP contribution is -2.35. The number of hydrogen-bond donors (Lipinski definition) is 2. The number of nitrogens with zero attached hydrogens (tertiary/aromatic N) is 3. The van der Waals surface area contributed by atoms with Crippen molar-refractivity contribution in [1.29, 1.82) is 0 Å². The van der Waals surface area contributed by atoms with E-state index in [1.54, 1.807) is 6.33 Å². The fraction of sp³-hybridized carbons (Fsp3) is 0.467. The monoisotopic (exact) mass is 320 g/mol. The summed E-state index contributed by atoms with van der Waals surface area (Å²) in [6, 6.07) is 8.08. The molecule has 1 saturated heterocycles. The van der Waals surface area contributed by atoms with Crippen LogP contribution < -0.4 is 9.62 Å². The van der Waals surface area contributed by atoms with Gasteiger partial charge in [-0.25, -0.2) is 18.9 Å². The molecule has 2 N–H and O–H groups in total. The highest BCUT2D eigenvalue weighted by atomic mass is 32.2. The molecule has 0 saturated carbocycles. The van der Waals surface area contributed by atoms with Crippen LogP contribution in [0.15, 0.2) is 30.6 Å². The number of benzene rings is 1. The van der Waals surface area contributed by atoms with Crippen LogP contribution in [0.1, 0.15) is 19.3 Å². The summed E-state index contributed by atoms with van der Waals surface area (Å²) < 4.78 is 21.8. The van der Waals surface area contributed by atoms with Crippen molar-refractivity contribution in [2.75, 3.05) is 24.5 Å². The molecule has 0 aliphatic carbocycles. The highest BCUT2D eigenvalue weighted by Crippen LogP contribution is 2.28. The second kappa shape index (κ2) is 7.13. The zero-order valence-corrected chi connectivity index (χ0v) is 13.1. The summed E-state index contributed by atoms with van der Waals surface area (Å²) in [5, 5.41) is 1.10. The molecule has 6 nitrogen and oxygen atoms in total. The average molecular weight is 320 g/mol. The molecule has 7 heteroatoms. The molecule has 3 rings (SSSR count). The van der Waals surface area contributed by atoms with E-state index in [4.69, 9.17) is 4.55 Å². The molecule has 0 radical (unpaired) electrons. The van der Waals surface area contributed by atoms with Crippen molar-refractivity contribution >= 4 is 28.0 Å². The fourth-order valence-corrected chi connectivity index (χ4v) is 3.32. The maximum absolute atomic E-state index is 10.6. The van der Waals surface area contributed by atoms with E-state index < -0.39 is 11.3 Å². The van der Waals surface area contributed by atoms with Crippen LogP contribution in [0.2, 0.25) is 0 Å². The van der Waals surface area contributed by atoms with Gasteiger partial charge in [0.2, 0.25) is 11.3 Å². The van der Waals surface area contributed by atoms with E-state index in [0.29, 0.717) is 12.5 Å². The first-order chi connectivity index (χ1) is 10.7. The smallest absolute Gasteiger partial charge is 0.231 e. The van der Waals surface area contributed by atoms with Gasteiger partial charge in [0.1, 0.15) is 12.1 Å². The Balaban J connectivity index is 1.62. The Bertz CT molecular complexity index is 654. The van der Waals surface area contributed by atoms with Crippen molar-refractivity contribution in [1.82, 2.24) is 14.7 Å². The van der Waals surface area contributed by atoms with E-state index in [2.05, 4.69) is 25.7 Å². The zero-order chi connectivity index (χ0) is 15.4. The van der Waals surface area contributed by atoms with Gasteiger partial charge < -0.3 is 4.90 Å². The van der Waals surface area contributed by atoms with Gasteiger partial charge in [-0.1, -0.05) is 12.1 Å². The largest absolute Gasteiger partial charge is 0.356 e. The van der Waals surface area contributed by atoms with Gasteiger partial charge in [0.25, 0.3) is 0 Å². The Morgan fingerprint density at radius 2 is 2.05 bits per heavy atom. The predicted molar refractivity (Wildman–Crippen MR) is 87.9 cm³/mol. The van der Waals surface area contributed by atoms with Crippen LogP contribution in [0.25, 0.3) is 10.9 Å².